The van der Waals surface area contributed by atoms with Gasteiger partial charge in [-0.2, -0.15) is 8.42 Å². The molecule has 0 saturated heterocycles. The number of rotatable bonds is 3. The van der Waals surface area contributed by atoms with Crippen molar-refractivity contribution in [2.24, 2.45) is 0 Å². The second-order valence-corrected chi connectivity index (χ2v) is 4.15. The van der Waals surface area contributed by atoms with Gasteiger partial charge in [-0.25, -0.2) is 0 Å². The molecule has 0 aliphatic heterocycles. The summed E-state index contributed by atoms with van der Waals surface area (Å²) in [5.74, 6) is -0.597. The molecule has 12 heavy (non-hydrogen) atoms. The summed E-state index contributed by atoms with van der Waals surface area (Å²) in [5, 5.41) is 0.739. The highest BCUT2D eigenvalue weighted by molar-refractivity contribution is 7.86. The zero-order valence-corrected chi connectivity index (χ0v) is 7.68. The predicted octanol–water partition coefficient (Wildman–Crippen LogP) is -0.0875. The van der Waals surface area contributed by atoms with Crippen LogP contribution < -0.4 is 5.32 Å². The van der Waals surface area contributed by atoms with Gasteiger partial charge in [-0.3, -0.25) is 9.35 Å². The van der Waals surface area contributed by atoms with Crippen LogP contribution in [-0.2, 0) is 14.9 Å². The lowest BCUT2D eigenvalue weighted by Gasteiger charge is -2.09. The van der Waals surface area contributed by atoms with Crippen molar-refractivity contribution in [3.63, 3.8) is 0 Å². The molecule has 0 aromatic rings. The molecule has 0 bridgehead atoms. The van der Waals surface area contributed by atoms with Gasteiger partial charge in [0.25, 0.3) is 10.1 Å². The Kier molecular flexibility index (Phi) is 3.41. The highest BCUT2D eigenvalue weighted by Crippen LogP contribution is 1.95. The second kappa shape index (κ2) is 3.68. The third kappa shape index (κ3) is 3.49. The van der Waals surface area contributed by atoms with Crippen LogP contribution in [-0.4, -0.2) is 24.3 Å². The Morgan fingerprint density at radius 1 is 1.58 bits per heavy atom. The van der Waals surface area contributed by atoms with E-state index in [2.05, 4.69) is 6.58 Å². The molecule has 70 valence electrons. The lowest BCUT2D eigenvalue weighted by atomic mass is 10.3. The normalized spacial score (nSPS) is 13.6. The van der Waals surface area contributed by atoms with Gasteiger partial charge in [0.2, 0.25) is 5.91 Å². The van der Waals surface area contributed by atoms with Gasteiger partial charge >= 0.3 is 0 Å². The molecular formula is C6H11NO4S. The number of amides is 1. The molecule has 1 unspecified atom stereocenters. The van der Waals surface area contributed by atoms with Crippen LogP contribution in [0.15, 0.2) is 12.2 Å². The first-order valence-electron chi connectivity index (χ1n) is 3.18. The Hall–Kier alpha value is -0.880. The number of hydrogen-bond donors (Lipinski definition) is 2. The van der Waals surface area contributed by atoms with Crippen molar-refractivity contribution in [2.75, 3.05) is 0 Å². The zero-order valence-electron chi connectivity index (χ0n) is 6.86. The van der Waals surface area contributed by atoms with Crippen LogP contribution in [0.25, 0.3) is 0 Å². The molecule has 0 aliphatic rings. The standard InChI is InChI=1S/C6H11NO4S/c1-4(2)6(8)7-5(3)12(9,10)11/h5H,1H2,2-3H3,(H,7,8)(H,9,10,11). The van der Waals surface area contributed by atoms with E-state index in [4.69, 9.17) is 4.55 Å². The maximum Gasteiger partial charge on any atom is 0.285 e. The summed E-state index contributed by atoms with van der Waals surface area (Å²) in [6.45, 7) is 5.90. The summed E-state index contributed by atoms with van der Waals surface area (Å²) in [5.41, 5.74) is 0.186. The summed E-state index contributed by atoms with van der Waals surface area (Å²) >= 11 is 0. The van der Waals surface area contributed by atoms with Crippen LogP contribution in [0.5, 0.6) is 0 Å². The summed E-state index contributed by atoms with van der Waals surface area (Å²) < 4.78 is 29.2. The Bertz CT molecular complexity index is 293. The number of carbonyl (C=O) groups is 1. The molecule has 0 fully saturated rings. The monoisotopic (exact) mass is 193 g/mol. The van der Waals surface area contributed by atoms with Gasteiger partial charge in [-0.15, -0.1) is 0 Å². The van der Waals surface area contributed by atoms with Crippen LogP contribution in [0.2, 0.25) is 0 Å². The van der Waals surface area contributed by atoms with Crippen LogP contribution >= 0.6 is 0 Å². The van der Waals surface area contributed by atoms with Crippen molar-refractivity contribution in [3.05, 3.63) is 12.2 Å². The molecule has 0 rings (SSSR count). The molecule has 6 heteroatoms. The van der Waals surface area contributed by atoms with Crippen molar-refractivity contribution < 1.29 is 17.8 Å². The molecule has 0 saturated carbocycles. The van der Waals surface area contributed by atoms with Gasteiger partial charge in [0.15, 0.2) is 5.37 Å². The average molecular weight is 193 g/mol. The summed E-state index contributed by atoms with van der Waals surface area (Å²) in [6, 6.07) is 0. The molecule has 1 amide bonds. The van der Waals surface area contributed by atoms with Gasteiger partial charge in [0.1, 0.15) is 0 Å². The van der Waals surface area contributed by atoms with E-state index < -0.39 is 21.4 Å². The predicted molar refractivity (Wildman–Crippen MR) is 44.0 cm³/mol. The zero-order chi connectivity index (χ0) is 9.94. The van der Waals surface area contributed by atoms with Gasteiger partial charge in [0, 0.05) is 5.57 Å². The molecule has 0 aromatic heterocycles. The Morgan fingerprint density at radius 2 is 2.00 bits per heavy atom. The quantitative estimate of drug-likeness (QED) is 0.484. The van der Waals surface area contributed by atoms with Crippen molar-refractivity contribution in [3.8, 4) is 0 Å². The largest absolute Gasteiger partial charge is 0.334 e. The minimum Gasteiger partial charge on any atom is -0.334 e. The highest BCUT2D eigenvalue weighted by atomic mass is 32.2. The molecule has 0 spiro atoms. The average Bonchev–Trinajstić information content (AvgIpc) is 1.85. The molecule has 5 nitrogen and oxygen atoms in total. The smallest absolute Gasteiger partial charge is 0.285 e. The minimum atomic E-state index is -4.20. The van der Waals surface area contributed by atoms with E-state index in [-0.39, 0.29) is 5.57 Å². The lowest BCUT2D eigenvalue weighted by Crippen LogP contribution is -2.38. The third-order valence-electron chi connectivity index (χ3n) is 1.17. The third-order valence-corrected chi connectivity index (χ3v) is 2.18. The fourth-order valence-electron chi connectivity index (χ4n) is 0.382. The summed E-state index contributed by atoms with van der Waals surface area (Å²) in [4.78, 5) is 10.8. The molecule has 1 atom stereocenters. The summed E-state index contributed by atoms with van der Waals surface area (Å²) in [7, 11) is -4.20. The van der Waals surface area contributed by atoms with Crippen LogP contribution in [0.4, 0.5) is 0 Å². The van der Waals surface area contributed by atoms with E-state index in [1.165, 1.54) is 6.92 Å². The lowest BCUT2D eigenvalue weighted by molar-refractivity contribution is -0.117. The first kappa shape index (κ1) is 11.1. The molecule has 0 heterocycles. The number of carbonyl (C=O) groups excluding carboxylic acids is 1. The van der Waals surface area contributed by atoms with E-state index in [1.54, 1.807) is 0 Å². The highest BCUT2D eigenvalue weighted by Gasteiger charge is 2.19. The van der Waals surface area contributed by atoms with Crippen LogP contribution in [0.3, 0.4) is 0 Å². The van der Waals surface area contributed by atoms with Crippen molar-refractivity contribution in [2.45, 2.75) is 19.2 Å². The maximum atomic E-state index is 10.8. The second-order valence-electron chi connectivity index (χ2n) is 2.41. The Balaban J connectivity index is 4.31. The number of nitrogens with one attached hydrogen (secondary N) is 1. The van der Waals surface area contributed by atoms with E-state index in [1.807, 2.05) is 5.32 Å². The molecule has 0 aliphatic carbocycles. The van der Waals surface area contributed by atoms with Crippen molar-refractivity contribution >= 4 is 16.0 Å². The topological polar surface area (TPSA) is 83.5 Å². The Morgan fingerprint density at radius 3 is 2.25 bits per heavy atom. The molecule has 0 aromatic carbocycles. The maximum absolute atomic E-state index is 10.8. The fraction of sp³-hybridized carbons (Fsp3) is 0.500. The van der Waals surface area contributed by atoms with E-state index in [9.17, 15) is 13.2 Å². The first-order chi connectivity index (χ1) is 5.25. The van der Waals surface area contributed by atoms with Gasteiger partial charge < -0.3 is 5.32 Å². The van der Waals surface area contributed by atoms with E-state index in [0.29, 0.717) is 0 Å². The van der Waals surface area contributed by atoms with Gasteiger partial charge in [-0.05, 0) is 13.8 Å². The van der Waals surface area contributed by atoms with Crippen molar-refractivity contribution in [1.82, 2.24) is 5.32 Å². The number of hydrogen-bond acceptors (Lipinski definition) is 3. The van der Waals surface area contributed by atoms with E-state index >= 15 is 0 Å². The minimum absolute atomic E-state index is 0.186. The SMILES string of the molecule is C=C(C)C(=O)NC(C)S(=O)(=O)O. The summed E-state index contributed by atoms with van der Waals surface area (Å²) in [6.07, 6.45) is 0. The van der Waals surface area contributed by atoms with E-state index in [0.717, 1.165) is 6.92 Å². The Labute approximate surface area is 71.2 Å². The van der Waals surface area contributed by atoms with Crippen molar-refractivity contribution in [1.29, 1.82) is 0 Å². The van der Waals surface area contributed by atoms with Gasteiger partial charge in [0.05, 0.1) is 0 Å². The van der Waals surface area contributed by atoms with Crippen LogP contribution in [0, 0.1) is 0 Å². The van der Waals surface area contributed by atoms with Crippen LogP contribution in [0.1, 0.15) is 13.8 Å². The first-order valence-corrected chi connectivity index (χ1v) is 4.68. The molecule has 0 radical (unpaired) electrons. The molecule has 2 N–H and O–H groups in total. The molecular weight excluding hydrogens is 182 g/mol. The van der Waals surface area contributed by atoms with Gasteiger partial charge in [-0.1, -0.05) is 6.58 Å². The fourth-order valence-corrected chi connectivity index (χ4v) is 0.638.